The number of H-pyrrole nitrogens is 1. The first-order valence-electron chi connectivity index (χ1n) is 8.14. The number of hydrogen-bond donors (Lipinski definition) is 2. The van der Waals surface area contributed by atoms with E-state index in [-0.39, 0.29) is 23.8 Å². The van der Waals surface area contributed by atoms with Crippen molar-refractivity contribution in [1.29, 1.82) is 0 Å². The van der Waals surface area contributed by atoms with Crippen LogP contribution in [0.4, 0.5) is 8.78 Å². The van der Waals surface area contributed by atoms with Crippen molar-refractivity contribution in [2.75, 3.05) is 13.7 Å². The maximum absolute atomic E-state index is 13.9. The van der Waals surface area contributed by atoms with Crippen LogP contribution in [-0.2, 0) is 17.8 Å². The quantitative estimate of drug-likeness (QED) is 0.803. The van der Waals surface area contributed by atoms with Crippen molar-refractivity contribution in [3.63, 3.8) is 0 Å². The lowest BCUT2D eigenvalue weighted by Crippen LogP contribution is -2.44. The molecule has 0 atom stereocenters. The summed E-state index contributed by atoms with van der Waals surface area (Å²) in [6, 6.07) is 3.62. The Morgan fingerprint density at radius 3 is 2.84 bits per heavy atom. The van der Waals surface area contributed by atoms with E-state index in [9.17, 15) is 13.6 Å². The third-order valence-electron chi connectivity index (χ3n) is 4.63. The number of carbonyl (C=O) groups excluding carboxylic acids is 1. The minimum Gasteiger partial charge on any atom is -0.377 e. The van der Waals surface area contributed by atoms with Crippen molar-refractivity contribution < 1.29 is 18.3 Å². The van der Waals surface area contributed by atoms with E-state index in [0.29, 0.717) is 24.4 Å². The standard InChI is InChI=1S/C17H20F2N4O2/c1-25-9-14-21-15(23-22-14)16(24)20-10-17(5-2-6-17)8-11-3-4-12(18)7-13(11)19/h3-4,7H,2,5-6,8-10H2,1H3,(H,20,24)(H,21,22,23). The Morgan fingerprint density at radius 2 is 2.20 bits per heavy atom. The van der Waals surface area contributed by atoms with Crippen molar-refractivity contribution in [2.24, 2.45) is 5.41 Å². The fraction of sp³-hybridized carbons (Fsp3) is 0.471. The molecule has 2 N–H and O–H groups in total. The van der Waals surface area contributed by atoms with Gasteiger partial charge in [0.2, 0.25) is 5.82 Å². The lowest BCUT2D eigenvalue weighted by Gasteiger charge is -2.42. The van der Waals surface area contributed by atoms with E-state index in [1.54, 1.807) is 0 Å². The van der Waals surface area contributed by atoms with Gasteiger partial charge in [0.05, 0.1) is 0 Å². The predicted octanol–water partition coefficient (Wildman–Crippen LogP) is 2.37. The molecular weight excluding hydrogens is 330 g/mol. The predicted molar refractivity (Wildman–Crippen MR) is 85.8 cm³/mol. The summed E-state index contributed by atoms with van der Waals surface area (Å²) in [6.45, 7) is 0.644. The normalized spacial score (nSPS) is 15.6. The summed E-state index contributed by atoms with van der Waals surface area (Å²) in [5, 5.41) is 9.32. The molecule has 1 aromatic heterocycles. The van der Waals surface area contributed by atoms with Gasteiger partial charge in [-0.2, -0.15) is 0 Å². The van der Waals surface area contributed by atoms with Gasteiger partial charge in [0.25, 0.3) is 5.91 Å². The average molecular weight is 350 g/mol. The molecule has 6 nitrogen and oxygen atoms in total. The molecule has 8 heteroatoms. The highest BCUT2D eigenvalue weighted by atomic mass is 19.1. The van der Waals surface area contributed by atoms with Crippen LogP contribution in [0.15, 0.2) is 18.2 Å². The van der Waals surface area contributed by atoms with Gasteiger partial charge in [-0.1, -0.05) is 12.5 Å². The molecule has 0 aliphatic heterocycles. The fourth-order valence-corrected chi connectivity index (χ4v) is 3.11. The number of nitrogens with one attached hydrogen (secondary N) is 2. The minimum absolute atomic E-state index is 0.0505. The Morgan fingerprint density at radius 1 is 1.40 bits per heavy atom. The van der Waals surface area contributed by atoms with Crippen LogP contribution in [0, 0.1) is 17.0 Å². The molecule has 0 spiro atoms. The molecule has 0 bridgehead atoms. The van der Waals surface area contributed by atoms with Crippen LogP contribution in [0.25, 0.3) is 0 Å². The highest BCUT2D eigenvalue weighted by Gasteiger charge is 2.38. The Kier molecular flexibility index (Phi) is 5.08. The molecule has 2 aromatic rings. The van der Waals surface area contributed by atoms with Gasteiger partial charge >= 0.3 is 0 Å². The first kappa shape index (κ1) is 17.5. The molecule has 1 amide bonds. The largest absolute Gasteiger partial charge is 0.377 e. The third-order valence-corrected chi connectivity index (χ3v) is 4.63. The topological polar surface area (TPSA) is 79.9 Å². The molecule has 0 saturated heterocycles. The van der Waals surface area contributed by atoms with Crippen molar-refractivity contribution in [2.45, 2.75) is 32.3 Å². The van der Waals surface area contributed by atoms with E-state index in [4.69, 9.17) is 4.74 Å². The summed E-state index contributed by atoms with van der Waals surface area (Å²) in [4.78, 5) is 16.2. The van der Waals surface area contributed by atoms with Crippen LogP contribution < -0.4 is 5.32 Å². The molecule has 134 valence electrons. The Bertz CT molecular complexity index is 759. The summed E-state index contributed by atoms with van der Waals surface area (Å²) in [6.07, 6.45) is 3.25. The number of ether oxygens (including phenoxy) is 1. The maximum atomic E-state index is 13.9. The van der Waals surface area contributed by atoms with E-state index in [1.165, 1.54) is 19.2 Å². The molecule has 25 heavy (non-hydrogen) atoms. The molecule has 1 aliphatic rings. The summed E-state index contributed by atoms with van der Waals surface area (Å²) in [7, 11) is 1.52. The zero-order valence-corrected chi connectivity index (χ0v) is 13.9. The molecular formula is C17H20F2N4O2. The van der Waals surface area contributed by atoms with Gasteiger partial charge in [-0.3, -0.25) is 9.89 Å². The summed E-state index contributed by atoms with van der Waals surface area (Å²) < 4.78 is 31.9. The van der Waals surface area contributed by atoms with Gasteiger partial charge in [0.15, 0.2) is 5.82 Å². The number of carbonyl (C=O) groups is 1. The van der Waals surface area contributed by atoms with E-state index in [2.05, 4.69) is 20.5 Å². The van der Waals surface area contributed by atoms with Gasteiger partial charge in [0, 0.05) is 19.7 Å². The van der Waals surface area contributed by atoms with Crippen LogP contribution in [0.2, 0.25) is 0 Å². The summed E-state index contributed by atoms with van der Waals surface area (Å²) >= 11 is 0. The SMILES string of the molecule is COCc1nc(C(=O)NCC2(Cc3ccc(F)cc3F)CCC2)n[nH]1. The number of rotatable bonds is 7. The molecule has 1 saturated carbocycles. The van der Waals surface area contributed by atoms with Crippen molar-refractivity contribution in [3.05, 3.63) is 47.0 Å². The average Bonchev–Trinajstić information content (AvgIpc) is 3.01. The Balaban J connectivity index is 1.62. The van der Waals surface area contributed by atoms with E-state index in [1.807, 2.05) is 0 Å². The first-order valence-corrected chi connectivity index (χ1v) is 8.14. The second-order valence-electron chi connectivity index (χ2n) is 6.49. The van der Waals surface area contributed by atoms with E-state index < -0.39 is 11.6 Å². The van der Waals surface area contributed by atoms with E-state index >= 15 is 0 Å². The second kappa shape index (κ2) is 7.26. The molecule has 0 unspecified atom stereocenters. The van der Waals surface area contributed by atoms with Crippen molar-refractivity contribution in [1.82, 2.24) is 20.5 Å². The van der Waals surface area contributed by atoms with Gasteiger partial charge in [0.1, 0.15) is 18.2 Å². The summed E-state index contributed by atoms with van der Waals surface area (Å²) in [5.41, 5.74) is 0.260. The number of aromatic nitrogens is 3. The molecule has 1 heterocycles. The van der Waals surface area contributed by atoms with Crippen LogP contribution in [0.5, 0.6) is 0 Å². The number of nitrogens with zero attached hydrogens (tertiary/aromatic N) is 2. The minimum atomic E-state index is -0.589. The fourth-order valence-electron chi connectivity index (χ4n) is 3.11. The number of halogens is 2. The Hall–Kier alpha value is -2.35. The molecule has 1 fully saturated rings. The maximum Gasteiger partial charge on any atom is 0.290 e. The molecule has 1 aliphatic carbocycles. The molecule has 0 radical (unpaired) electrons. The van der Waals surface area contributed by atoms with Crippen LogP contribution in [0.1, 0.15) is 41.3 Å². The van der Waals surface area contributed by atoms with Crippen LogP contribution >= 0.6 is 0 Å². The number of aromatic amines is 1. The van der Waals surface area contributed by atoms with Gasteiger partial charge in [-0.25, -0.2) is 13.8 Å². The molecule has 1 aromatic carbocycles. The number of hydrogen-bond acceptors (Lipinski definition) is 4. The molecule has 3 rings (SSSR count). The highest BCUT2D eigenvalue weighted by molar-refractivity contribution is 5.90. The van der Waals surface area contributed by atoms with Crippen molar-refractivity contribution >= 4 is 5.91 Å². The first-order chi connectivity index (χ1) is 12.0. The lowest BCUT2D eigenvalue weighted by atomic mass is 9.65. The van der Waals surface area contributed by atoms with Gasteiger partial charge < -0.3 is 10.1 Å². The smallest absolute Gasteiger partial charge is 0.290 e. The number of benzene rings is 1. The third kappa shape index (κ3) is 4.01. The monoisotopic (exact) mass is 350 g/mol. The zero-order chi connectivity index (χ0) is 17.9. The summed E-state index contributed by atoms with van der Waals surface area (Å²) in [5.74, 6) is -0.997. The second-order valence-corrected chi connectivity index (χ2v) is 6.49. The Labute approximate surface area is 144 Å². The zero-order valence-electron chi connectivity index (χ0n) is 13.9. The van der Waals surface area contributed by atoms with Crippen molar-refractivity contribution in [3.8, 4) is 0 Å². The lowest BCUT2D eigenvalue weighted by molar-refractivity contribution is 0.0848. The van der Waals surface area contributed by atoms with Crippen LogP contribution in [-0.4, -0.2) is 34.7 Å². The van der Waals surface area contributed by atoms with E-state index in [0.717, 1.165) is 25.3 Å². The van der Waals surface area contributed by atoms with Crippen LogP contribution in [0.3, 0.4) is 0 Å². The van der Waals surface area contributed by atoms with Gasteiger partial charge in [-0.15, -0.1) is 5.10 Å². The van der Waals surface area contributed by atoms with Gasteiger partial charge in [-0.05, 0) is 36.3 Å². The number of amides is 1. The number of methoxy groups -OCH3 is 1. The highest BCUT2D eigenvalue weighted by Crippen LogP contribution is 2.43.